The lowest BCUT2D eigenvalue weighted by molar-refractivity contribution is 0.0861. The number of rotatable bonds is 5. The molecule has 8 heteroatoms. The van der Waals surface area contributed by atoms with Crippen molar-refractivity contribution in [3.05, 3.63) is 53.0 Å². The molecule has 2 N–H and O–H groups in total. The SMILES string of the molecule is Cc1c(-c2[nH]c3ccc(C4CCN(C(=O)OC[C@@H]5CCCN5)CC4)cc3c2C(C)C)cn2ncnc2c1C. The van der Waals surface area contributed by atoms with Gasteiger partial charge in [-0.2, -0.15) is 5.10 Å². The minimum atomic E-state index is -0.167. The number of H-pyrrole nitrogens is 1. The van der Waals surface area contributed by atoms with Crippen LogP contribution in [0.1, 0.15) is 73.6 Å². The average molecular weight is 515 g/mol. The molecule has 4 aromatic rings. The number of nitrogens with one attached hydrogen (secondary N) is 2. The summed E-state index contributed by atoms with van der Waals surface area (Å²) in [6.45, 7) is 11.8. The van der Waals surface area contributed by atoms with E-state index in [1.165, 1.54) is 33.3 Å². The third-order valence-corrected chi connectivity index (χ3v) is 8.63. The third kappa shape index (κ3) is 4.45. The molecule has 2 aliphatic heterocycles. The number of nitrogens with zero attached hydrogens (tertiary/aromatic N) is 4. The summed E-state index contributed by atoms with van der Waals surface area (Å²) in [5.41, 5.74) is 9.46. The van der Waals surface area contributed by atoms with Crippen molar-refractivity contribution < 1.29 is 9.53 Å². The number of aryl methyl sites for hydroxylation is 1. The highest BCUT2D eigenvalue weighted by Gasteiger charge is 2.27. The average Bonchev–Trinajstić information content (AvgIpc) is 3.68. The second-order valence-electron chi connectivity index (χ2n) is 11.3. The fourth-order valence-electron chi connectivity index (χ4n) is 6.31. The van der Waals surface area contributed by atoms with Gasteiger partial charge in [0, 0.05) is 41.8 Å². The molecule has 0 radical (unpaired) electrons. The highest BCUT2D eigenvalue weighted by atomic mass is 16.6. The first-order valence-electron chi connectivity index (χ1n) is 14.0. The zero-order valence-electron chi connectivity index (χ0n) is 22.9. The Kier molecular flexibility index (Phi) is 6.60. The fraction of sp³-hybridized carbons (Fsp3) is 0.500. The van der Waals surface area contributed by atoms with Gasteiger partial charge in [0.25, 0.3) is 0 Å². The van der Waals surface area contributed by atoms with Crippen molar-refractivity contribution in [2.75, 3.05) is 26.2 Å². The number of fused-ring (bicyclic) bond motifs is 2. The molecule has 1 aromatic carbocycles. The van der Waals surface area contributed by atoms with Gasteiger partial charge in [0.05, 0.1) is 5.69 Å². The quantitative estimate of drug-likeness (QED) is 0.357. The number of hydrogen-bond donors (Lipinski definition) is 2. The lowest BCUT2D eigenvalue weighted by Crippen LogP contribution is -2.40. The summed E-state index contributed by atoms with van der Waals surface area (Å²) in [6.07, 6.45) is 7.71. The fourth-order valence-corrected chi connectivity index (χ4v) is 6.31. The molecule has 0 saturated carbocycles. The van der Waals surface area contributed by atoms with Gasteiger partial charge in [-0.25, -0.2) is 14.3 Å². The lowest BCUT2D eigenvalue weighted by Gasteiger charge is -2.32. The molecule has 0 spiro atoms. The van der Waals surface area contributed by atoms with E-state index in [-0.39, 0.29) is 6.09 Å². The summed E-state index contributed by atoms with van der Waals surface area (Å²) in [6, 6.07) is 7.18. The van der Waals surface area contributed by atoms with Gasteiger partial charge >= 0.3 is 6.09 Å². The van der Waals surface area contributed by atoms with Crippen LogP contribution in [0.3, 0.4) is 0 Å². The maximum atomic E-state index is 12.6. The molecule has 1 amide bonds. The minimum Gasteiger partial charge on any atom is -0.448 e. The molecule has 5 heterocycles. The van der Waals surface area contributed by atoms with E-state index in [9.17, 15) is 4.79 Å². The molecular formula is C30H38N6O2. The summed E-state index contributed by atoms with van der Waals surface area (Å²) >= 11 is 0. The maximum Gasteiger partial charge on any atom is 0.409 e. The molecule has 8 nitrogen and oxygen atoms in total. The van der Waals surface area contributed by atoms with Crippen molar-refractivity contribution in [2.24, 2.45) is 0 Å². The predicted molar refractivity (Wildman–Crippen MR) is 150 cm³/mol. The Morgan fingerprint density at radius 1 is 1.16 bits per heavy atom. The number of ether oxygens (including phenoxy) is 1. The highest BCUT2D eigenvalue weighted by molar-refractivity contribution is 5.92. The topological polar surface area (TPSA) is 87.5 Å². The normalized spacial score (nSPS) is 18.8. The van der Waals surface area contributed by atoms with Crippen LogP contribution in [0.25, 0.3) is 27.8 Å². The Morgan fingerprint density at radius 3 is 2.71 bits per heavy atom. The largest absolute Gasteiger partial charge is 0.448 e. The van der Waals surface area contributed by atoms with Crippen LogP contribution in [0.4, 0.5) is 4.79 Å². The molecule has 0 aliphatic carbocycles. The van der Waals surface area contributed by atoms with E-state index in [4.69, 9.17) is 4.74 Å². The Morgan fingerprint density at radius 2 is 1.97 bits per heavy atom. The summed E-state index contributed by atoms with van der Waals surface area (Å²) in [7, 11) is 0. The van der Waals surface area contributed by atoms with Crippen LogP contribution in [0.15, 0.2) is 30.7 Å². The minimum absolute atomic E-state index is 0.167. The maximum absolute atomic E-state index is 12.6. The number of benzene rings is 1. The van der Waals surface area contributed by atoms with E-state index < -0.39 is 0 Å². The summed E-state index contributed by atoms with van der Waals surface area (Å²) in [5.74, 6) is 0.792. The Balaban J connectivity index is 1.24. The van der Waals surface area contributed by atoms with Crippen molar-refractivity contribution in [1.29, 1.82) is 0 Å². The van der Waals surface area contributed by atoms with Crippen LogP contribution >= 0.6 is 0 Å². The number of likely N-dealkylation sites (tertiary alicyclic amines) is 1. The molecule has 2 fully saturated rings. The van der Waals surface area contributed by atoms with Gasteiger partial charge in [-0.05, 0) is 92.3 Å². The Bertz CT molecular complexity index is 1470. The molecule has 3 aromatic heterocycles. The molecule has 38 heavy (non-hydrogen) atoms. The Labute approximate surface area is 223 Å². The summed E-state index contributed by atoms with van der Waals surface area (Å²) in [5, 5.41) is 9.09. The number of aromatic nitrogens is 4. The standard InChI is InChI=1S/C30H38N6O2/c1-18(2)27-24-14-22(21-9-12-35(13-10-21)30(37)38-16-23-6-5-11-31-23)7-8-26(24)34-28(27)25-15-36-29(32-17-33-36)20(4)19(25)3/h7-8,14-15,17-18,21,23,31,34H,5-6,9-13,16H2,1-4H3/t23-/m0/s1. The van der Waals surface area contributed by atoms with Gasteiger partial charge in [0.2, 0.25) is 0 Å². The number of carbonyl (C=O) groups is 1. The smallest absolute Gasteiger partial charge is 0.409 e. The first kappa shape index (κ1) is 24.9. The zero-order chi connectivity index (χ0) is 26.4. The van der Waals surface area contributed by atoms with Gasteiger partial charge in [-0.1, -0.05) is 19.9 Å². The van der Waals surface area contributed by atoms with Crippen molar-refractivity contribution in [3.8, 4) is 11.3 Å². The number of aromatic amines is 1. The van der Waals surface area contributed by atoms with Crippen LogP contribution in [0.5, 0.6) is 0 Å². The second-order valence-corrected chi connectivity index (χ2v) is 11.3. The van der Waals surface area contributed by atoms with Crippen LogP contribution < -0.4 is 5.32 Å². The number of amides is 1. The highest BCUT2D eigenvalue weighted by Crippen LogP contribution is 2.40. The van der Waals surface area contributed by atoms with E-state index in [1.54, 1.807) is 6.33 Å². The zero-order valence-corrected chi connectivity index (χ0v) is 22.9. The van der Waals surface area contributed by atoms with Crippen molar-refractivity contribution in [3.63, 3.8) is 0 Å². The summed E-state index contributed by atoms with van der Waals surface area (Å²) in [4.78, 5) is 22.7. The number of hydrogen-bond acceptors (Lipinski definition) is 5. The summed E-state index contributed by atoms with van der Waals surface area (Å²) < 4.78 is 7.48. The van der Waals surface area contributed by atoms with Crippen LogP contribution in [0.2, 0.25) is 0 Å². The van der Waals surface area contributed by atoms with Crippen LogP contribution in [-0.2, 0) is 4.74 Å². The molecule has 1 atom stereocenters. The second kappa shape index (κ2) is 10.1. The van der Waals surface area contributed by atoms with E-state index in [1.807, 2.05) is 9.42 Å². The lowest BCUT2D eigenvalue weighted by atomic mass is 9.87. The monoisotopic (exact) mass is 514 g/mol. The van der Waals surface area contributed by atoms with Crippen molar-refractivity contribution >= 4 is 22.6 Å². The third-order valence-electron chi connectivity index (χ3n) is 8.63. The number of piperidine rings is 1. The molecule has 2 aliphatic rings. The predicted octanol–water partition coefficient (Wildman–Crippen LogP) is 5.69. The van der Waals surface area contributed by atoms with Gasteiger partial charge in [-0.3, -0.25) is 0 Å². The van der Waals surface area contributed by atoms with Crippen LogP contribution in [0, 0.1) is 13.8 Å². The molecule has 2 saturated heterocycles. The number of pyridine rings is 1. The van der Waals surface area contributed by atoms with E-state index in [0.29, 0.717) is 24.5 Å². The molecular weight excluding hydrogens is 476 g/mol. The molecule has 6 rings (SSSR count). The molecule has 0 unspecified atom stereocenters. The first-order chi connectivity index (χ1) is 18.4. The molecule has 200 valence electrons. The van der Waals surface area contributed by atoms with Gasteiger partial charge in [-0.15, -0.1) is 0 Å². The van der Waals surface area contributed by atoms with E-state index >= 15 is 0 Å². The van der Waals surface area contributed by atoms with Gasteiger partial charge < -0.3 is 19.9 Å². The van der Waals surface area contributed by atoms with Gasteiger partial charge in [0.1, 0.15) is 12.9 Å². The Hall–Kier alpha value is -3.39. The molecule has 0 bridgehead atoms. The van der Waals surface area contributed by atoms with Crippen molar-refractivity contribution in [2.45, 2.75) is 71.3 Å². The van der Waals surface area contributed by atoms with Crippen LogP contribution in [-0.4, -0.2) is 62.9 Å². The van der Waals surface area contributed by atoms with E-state index in [2.05, 4.69) is 72.5 Å². The van der Waals surface area contributed by atoms with Crippen molar-refractivity contribution in [1.82, 2.24) is 29.8 Å². The van der Waals surface area contributed by atoms with Gasteiger partial charge in [0.15, 0.2) is 5.65 Å². The number of carbonyl (C=O) groups excluding carboxylic acids is 1. The first-order valence-corrected chi connectivity index (χ1v) is 14.0. The van der Waals surface area contributed by atoms with E-state index in [0.717, 1.165) is 62.0 Å².